The van der Waals surface area contributed by atoms with Crippen molar-refractivity contribution in [3.8, 4) is 0 Å². The Hall–Kier alpha value is -6.16. The maximum absolute atomic E-state index is 4.48. The Morgan fingerprint density at radius 1 is 0.432 bits per heavy atom. The molecule has 0 amide bonds. The largest absolute Gasteiger partial charge is 0.324 e. The second-order valence-corrected chi connectivity index (χ2v) is 9.97. The highest BCUT2D eigenvalue weighted by Crippen LogP contribution is 2.23. The van der Waals surface area contributed by atoms with Crippen LogP contribution in [0.3, 0.4) is 0 Å². The van der Waals surface area contributed by atoms with Crippen molar-refractivity contribution in [3.05, 3.63) is 132 Å². The van der Waals surface area contributed by atoms with Crippen LogP contribution in [0.1, 0.15) is 22.3 Å². The lowest BCUT2D eigenvalue weighted by Gasteiger charge is -2.10. The molecule has 0 aliphatic carbocycles. The van der Waals surface area contributed by atoms with E-state index in [-0.39, 0.29) is 0 Å². The standard InChI is InChI=1S/C34H30N10/c1-23-19-29(41-33-37-21-35-31(43-33)39-27-9-5-3-6-10-27)17-15-25(23)13-14-26-16-18-30(20-24(26)2)42-34-38-22-36-32(44-34)40-28-11-7-4-8-12-28/h3-22H,1-2H3,(H2,35,37,39,41,43)(H2,36,38,40,42,44)/b14-13+. The van der Waals surface area contributed by atoms with Crippen LogP contribution >= 0.6 is 0 Å². The minimum atomic E-state index is 0.464. The fourth-order valence-corrected chi connectivity index (χ4v) is 4.45. The van der Waals surface area contributed by atoms with Crippen molar-refractivity contribution in [1.29, 1.82) is 0 Å². The first kappa shape index (κ1) is 28.0. The van der Waals surface area contributed by atoms with Gasteiger partial charge in [-0.2, -0.15) is 9.97 Å². The minimum absolute atomic E-state index is 0.464. The van der Waals surface area contributed by atoms with Crippen molar-refractivity contribution in [3.63, 3.8) is 0 Å². The average molecular weight is 579 g/mol. The summed E-state index contributed by atoms with van der Waals surface area (Å²) in [4.78, 5) is 25.9. The molecule has 0 radical (unpaired) electrons. The molecule has 0 aliphatic heterocycles. The van der Waals surface area contributed by atoms with E-state index in [9.17, 15) is 0 Å². The molecule has 2 heterocycles. The first-order chi connectivity index (χ1) is 21.6. The van der Waals surface area contributed by atoms with Crippen LogP contribution in [-0.4, -0.2) is 29.9 Å². The number of aromatic nitrogens is 6. The van der Waals surface area contributed by atoms with Crippen LogP contribution in [0.15, 0.2) is 110 Å². The van der Waals surface area contributed by atoms with Crippen molar-refractivity contribution in [1.82, 2.24) is 29.9 Å². The third-order valence-electron chi connectivity index (χ3n) is 6.70. The third-order valence-corrected chi connectivity index (χ3v) is 6.70. The molecular formula is C34H30N10. The van der Waals surface area contributed by atoms with E-state index in [0.29, 0.717) is 23.8 Å². The van der Waals surface area contributed by atoms with Gasteiger partial charge in [0.25, 0.3) is 0 Å². The summed E-state index contributed by atoms with van der Waals surface area (Å²) in [5, 5.41) is 12.9. The lowest BCUT2D eigenvalue weighted by Crippen LogP contribution is -2.03. The smallest absolute Gasteiger partial charge is 0.232 e. The van der Waals surface area contributed by atoms with E-state index in [0.717, 1.165) is 45.0 Å². The Balaban J connectivity index is 1.09. The first-order valence-corrected chi connectivity index (χ1v) is 14.0. The van der Waals surface area contributed by atoms with Crippen LogP contribution in [0.4, 0.5) is 46.5 Å². The van der Waals surface area contributed by atoms with Gasteiger partial charge in [0, 0.05) is 22.7 Å². The van der Waals surface area contributed by atoms with E-state index < -0.39 is 0 Å². The first-order valence-electron chi connectivity index (χ1n) is 14.0. The summed E-state index contributed by atoms with van der Waals surface area (Å²) in [6, 6.07) is 31.9. The molecule has 0 atom stereocenters. The quantitative estimate of drug-likeness (QED) is 0.120. The fourth-order valence-electron chi connectivity index (χ4n) is 4.45. The minimum Gasteiger partial charge on any atom is -0.324 e. The summed E-state index contributed by atoms with van der Waals surface area (Å²) in [6.07, 6.45) is 7.20. The van der Waals surface area contributed by atoms with E-state index in [2.05, 4.69) is 101 Å². The molecule has 0 unspecified atom stereocenters. The molecule has 0 aliphatic rings. The summed E-state index contributed by atoms with van der Waals surface area (Å²) in [7, 11) is 0. The topological polar surface area (TPSA) is 125 Å². The van der Waals surface area contributed by atoms with Gasteiger partial charge in [-0.05, 0) is 84.6 Å². The summed E-state index contributed by atoms with van der Waals surface area (Å²) >= 11 is 0. The third kappa shape index (κ3) is 7.37. The van der Waals surface area contributed by atoms with E-state index in [4.69, 9.17) is 0 Å². The van der Waals surface area contributed by atoms with E-state index in [1.807, 2.05) is 72.8 Å². The molecule has 10 heteroatoms. The predicted octanol–water partition coefficient (Wildman–Crippen LogP) is 7.82. The zero-order valence-electron chi connectivity index (χ0n) is 24.2. The SMILES string of the molecule is Cc1cc(Nc2ncnc(Nc3ccccc3)n2)ccc1/C=C/c1ccc(Nc2ncnc(Nc3ccccc3)n2)cc1C. The van der Waals surface area contributed by atoms with Crippen LogP contribution in [-0.2, 0) is 0 Å². The number of nitrogens with zero attached hydrogens (tertiary/aromatic N) is 6. The highest BCUT2D eigenvalue weighted by Gasteiger charge is 2.06. The van der Waals surface area contributed by atoms with Gasteiger partial charge in [-0.3, -0.25) is 0 Å². The number of nitrogens with one attached hydrogen (secondary N) is 4. The van der Waals surface area contributed by atoms with Crippen LogP contribution in [0.25, 0.3) is 12.2 Å². The number of hydrogen-bond donors (Lipinski definition) is 4. The van der Waals surface area contributed by atoms with Crippen molar-refractivity contribution < 1.29 is 0 Å². The van der Waals surface area contributed by atoms with Gasteiger partial charge in [0.05, 0.1) is 0 Å². The molecule has 6 rings (SSSR count). The predicted molar refractivity (Wildman–Crippen MR) is 177 cm³/mol. The Morgan fingerprint density at radius 2 is 0.795 bits per heavy atom. The molecule has 4 aromatic carbocycles. The van der Waals surface area contributed by atoms with E-state index in [1.54, 1.807) is 0 Å². The Kier molecular flexibility index (Phi) is 8.40. The average Bonchev–Trinajstić information content (AvgIpc) is 3.03. The number of rotatable bonds is 10. The van der Waals surface area contributed by atoms with Gasteiger partial charge in [-0.15, -0.1) is 0 Å². The van der Waals surface area contributed by atoms with Gasteiger partial charge < -0.3 is 21.3 Å². The maximum Gasteiger partial charge on any atom is 0.232 e. The van der Waals surface area contributed by atoms with Gasteiger partial charge >= 0.3 is 0 Å². The van der Waals surface area contributed by atoms with Crippen molar-refractivity contribution in [2.45, 2.75) is 13.8 Å². The van der Waals surface area contributed by atoms with Crippen molar-refractivity contribution in [2.75, 3.05) is 21.3 Å². The molecule has 2 aromatic heterocycles. The Bertz CT molecular complexity index is 1750. The van der Waals surface area contributed by atoms with Crippen molar-refractivity contribution >= 4 is 58.7 Å². The Morgan fingerprint density at radius 3 is 1.16 bits per heavy atom. The molecule has 216 valence electrons. The molecular weight excluding hydrogens is 548 g/mol. The highest BCUT2D eigenvalue weighted by molar-refractivity contribution is 5.75. The second kappa shape index (κ2) is 13.2. The number of aryl methyl sites for hydroxylation is 2. The van der Waals surface area contributed by atoms with Gasteiger partial charge in [-0.25, -0.2) is 19.9 Å². The Labute approximate surface area is 255 Å². The van der Waals surface area contributed by atoms with Gasteiger partial charge in [0.15, 0.2) is 0 Å². The van der Waals surface area contributed by atoms with Crippen molar-refractivity contribution in [2.24, 2.45) is 0 Å². The van der Waals surface area contributed by atoms with Crippen LogP contribution in [0, 0.1) is 13.8 Å². The van der Waals surface area contributed by atoms with Gasteiger partial charge in [0.2, 0.25) is 23.8 Å². The number of hydrogen-bond acceptors (Lipinski definition) is 10. The number of anilines is 8. The molecule has 10 nitrogen and oxygen atoms in total. The second-order valence-electron chi connectivity index (χ2n) is 9.97. The number of benzene rings is 4. The van der Waals surface area contributed by atoms with E-state index >= 15 is 0 Å². The lowest BCUT2D eigenvalue weighted by molar-refractivity contribution is 1.06. The summed E-state index contributed by atoms with van der Waals surface area (Å²) < 4.78 is 0. The monoisotopic (exact) mass is 578 g/mol. The molecule has 0 saturated carbocycles. The number of para-hydroxylation sites is 2. The lowest BCUT2D eigenvalue weighted by atomic mass is 10.0. The van der Waals surface area contributed by atoms with Crippen LogP contribution < -0.4 is 21.3 Å². The molecule has 44 heavy (non-hydrogen) atoms. The molecule has 0 fully saturated rings. The molecule has 0 spiro atoms. The van der Waals surface area contributed by atoms with Crippen LogP contribution in [0.5, 0.6) is 0 Å². The van der Waals surface area contributed by atoms with Gasteiger partial charge in [0.1, 0.15) is 12.7 Å². The maximum atomic E-state index is 4.48. The molecule has 4 N–H and O–H groups in total. The zero-order chi connectivity index (χ0) is 30.1. The molecule has 0 saturated heterocycles. The molecule has 6 aromatic rings. The summed E-state index contributed by atoms with van der Waals surface area (Å²) in [5.74, 6) is 1.87. The normalized spacial score (nSPS) is 10.9. The highest BCUT2D eigenvalue weighted by atomic mass is 15.2. The molecule has 0 bridgehead atoms. The summed E-state index contributed by atoms with van der Waals surface area (Å²) in [5.41, 5.74) is 8.07. The van der Waals surface area contributed by atoms with Gasteiger partial charge in [-0.1, -0.05) is 60.7 Å². The van der Waals surface area contributed by atoms with Crippen LogP contribution in [0.2, 0.25) is 0 Å². The van der Waals surface area contributed by atoms with E-state index in [1.165, 1.54) is 12.7 Å². The fraction of sp³-hybridized carbons (Fsp3) is 0.0588. The zero-order valence-corrected chi connectivity index (χ0v) is 24.2. The summed E-state index contributed by atoms with van der Waals surface area (Å²) in [6.45, 7) is 4.16.